The molecule has 15 heteroatoms. The van der Waals surface area contributed by atoms with Crippen LogP contribution in [0.3, 0.4) is 0 Å². The van der Waals surface area contributed by atoms with Gasteiger partial charge in [-0.1, -0.05) is 56.3 Å². The molecular formula is C36H44N8O7. The Morgan fingerprint density at radius 3 is 2.27 bits per heavy atom. The monoisotopic (exact) mass is 700 g/mol. The molecular weight excluding hydrogens is 656 g/mol. The van der Waals surface area contributed by atoms with Gasteiger partial charge >= 0.3 is 0 Å². The van der Waals surface area contributed by atoms with Crippen LogP contribution in [0.15, 0.2) is 66.9 Å². The minimum Gasteiger partial charge on any atom is -0.394 e. The van der Waals surface area contributed by atoms with Gasteiger partial charge in [-0.05, 0) is 55.0 Å². The Morgan fingerprint density at radius 2 is 1.63 bits per heavy atom. The molecule has 2 aliphatic rings. The molecule has 51 heavy (non-hydrogen) atoms. The van der Waals surface area contributed by atoms with Crippen molar-refractivity contribution in [2.45, 2.75) is 76.3 Å². The topological polar surface area (TPSA) is 215 Å². The van der Waals surface area contributed by atoms with Gasteiger partial charge in [0.05, 0.1) is 24.8 Å². The quantitative estimate of drug-likeness (QED) is 0.184. The highest BCUT2D eigenvalue weighted by atomic mass is 16.3. The van der Waals surface area contributed by atoms with Gasteiger partial charge in [-0.25, -0.2) is 0 Å². The predicted molar refractivity (Wildman–Crippen MR) is 185 cm³/mol. The lowest BCUT2D eigenvalue weighted by molar-refractivity contribution is -0.143. The van der Waals surface area contributed by atoms with E-state index in [0.29, 0.717) is 11.1 Å². The van der Waals surface area contributed by atoms with Crippen LogP contribution < -0.4 is 26.6 Å². The van der Waals surface area contributed by atoms with Crippen molar-refractivity contribution in [1.29, 1.82) is 0 Å². The van der Waals surface area contributed by atoms with Crippen LogP contribution in [0.5, 0.6) is 0 Å². The number of hydrogen-bond acceptors (Lipinski definition) is 8. The summed E-state index contributed by atoms with van der Waals surface area (Å²) < 4.78 is 0. The Balaban J connectivity index is 1.40. The molecule has 0 spiro atoms. The van der Waals surface area contributed by atoms with Crippen molar-refractivity contribution in [3.05, 3.63) is 78.0 Å². The zero-order chi connectivity index (χ0) is 36.7. The van der Waals surface area contributed by atoms with Crippen LogP contribution in [0, 0.1) is 5.92 Å². The summed E-state index contributed by atoms with van der Waals surface area (Å²) in [6.07, 6.45) is 1.66. The van der Waals surface area contributed by atoms with Gasteiger partial charge in [0.15, 0.2) is 0 Å². The van der Waals surface area contributed by atoms with E-state index in [0.717, 1.165) is 11.3 Å². The van der Waals surface area contributed by atoms with Crippen LogP contribution in [0.4, 0.5) is 0 Å². The van der Waals surface area contributed by atoms with Crippen molar-refractivity contribution in [3.63, 3.8) is 0 Å². The Hall–Kier alpha value is -5.57. The lowest BCUT2D eigenvalue weighted by atomic mass is 10.00. The van der Waals surface area contributed by atoms with Crippen LogP contribution in [-0.2, 0) is 24.0 Å². The second-order valence-electron chi connectivity index (χ2n) is 13.4. The summed E-state index contributed by atoms with van der Waals surface area (Å²) in [6, 6.07) is 11.3. The number of carbonyl (C=O) groups excluding carboxylic acids is 6. The van der Waals surface area contributed by atoms with Gasteiger partial charge in [0.1, 0.15) is 24.2 Å². The molecule has 0 saturated carbocycles. The number of aliphatic hydroxyl groups is 1. The molecule has 5 rings (SSSR count). The molecule has 6 atom stereocenters. The normalized spacial score (nSPS) is 25.0. The molecule has 6 amide bonds. The number of rotatable bonds is 7. The molecule has 0 unspecified atom stereocenters. The van der Waals surface area contributed by atoms with Gasteiger partial charge in [0.2, 0.25) is 29.5 Å². The van der Waals surface area contributed by atoms with Crippen molar-refractivity contribution in [3.8, 4) is 11.3 Å². The van der Waals surface area contributed by atoms with Crippen molar-refractivity contribution >= 4 is 35.4 Å². The maximum Gasteiger partial charge on any atom is 0.251 e. The van der Waals surface area contributed by atoms with E-state index in [1.807, 2.05) is 13.8 Å². The van der Waals surface area contributed by atoms with Gasteiger partial charge in [-0.15, -0.1) is 0 Å². The number of nitrogens with one attached hydrogen (secondary N) is 6. The first-order chi connectivity index (χ1) is 24.4. The number of hydrogen-bond donors (Lipinski definition) is 7. The van der Waals surface area contributed by atoms with Gasteiger partial charge in [0.25, 0.3) is 5.91 Å². The highest BCUT2D eigenvalue weighted by Crippen LogP contribution is 2.23. The average molecular weight is 701 g/mol. The molecule has 3 heterocycles. The maximum absolute atomic E-state index is 13.9. The molecule has 2 aromatic carbocycles. The Morgan fingerprint density at radius 1 is 0.902 bits per heavy atom. The minimum atomic E-state index is -1.45. The fourth-order valence-electron chi connectivity index (χ4n) is 6.33. The SMILES string of the molecule is CC(C)C[C@@H]1NC(=O)C[C@H](c2ccccc2)NC(=O)[C@H](C)NC(=O)[C@@H]2C[C@H](NC(=O)c3ccc(-c4ccn[nH]4)cc3)CN2C(=O)[C@@H](CO)NC1=O. The van der Waals surface area contributed by atoms with E-state index in [-0.39, 0.29) is 31.7 Å². The number of aromatic nitrogens is 2. The first-order valence-electron chi connectivity index (χ1n) is 17.0. The Kier molecular flexibility index (Phi) is 11.8. The number of aromatic amines is 1. The molecule has 2 saturated heterocycles. The zero-order valence-corrected chi connectivity index (χ0v) is 28.7. The first-order valence-corrected chi connectivity index (χ1v) is 17.0. The Labute approximate surface area is 295 Å². The average Bonchev–Trinajstić information content (AvgIpc) is 3.80. The first kappa shape index (κ1) is 36.7. The fourth-order valence-corrected chi connectivity index (χ4v) is 6.33. The number of amides is 6. The van der Waals surface area contributed by atoms with Crippen molar-refractivity contribution in [1.82, 2.24) is 41.7 Å². The largest absolute Gasteiger partial charge is 0.394 e. The molecule has 0 radical (unpaired) electrons. The molecule has 2 aliphatic heterocycles. The van der Waals surface area contributed by atoms with Crippen LogP contribution in [0.1, 0.15) is 62.0 Å². The van der Waals surface area contributed by atoms with E-state index in [4.69, 9.17) is 0 Å². The molecule has 0 bridgehead atoms. The molecule has 15 nitrogen and oxygen atoms in total. The summed E-state index contributed by atoms with van der Waals surface area (Å²) in [5, 5.41) is 30.8. The third-order valence-corrected chi connectivity index (χ3v) is 9.00. The van der Waals surface area contributed by atoms with E-state index in [1.165, 1.54) is 11.8 Å². The van der Waals surface area contributed by atoms with Gasteiger partial charge in [-0.3, -0.25) is 33.9 Å². The number of H-pyrrole nitrogens is 1. The number of fused-ring (bicyclic) bond motifs is 1. The highest BCUT2D eigenvalue weighted by molar-refractivity contribution is 5.97. The summed E-state index contributed by atoms with van der Waals surface area (Å²) in [4.78, 5) is 82.5. The molecule has 270 valence electrons. The van der Waals surface area contributed by atoms with Crippen LogP contribution in [0.2, 0.25) is 0 Å². The lowest BCUT2D eigenvalue weighted by Gasteiger charge is -2.30. The second kappa shape index (κ2) is 16.4. The summed E-state index contributed by atoms with van der Waals surface area (Å²) in [5.41, 5.74) is 2.61. The van der Waals surface area contributed by atoms with Gasteiger partial charge in [-0.2, -0.15) is 5.10 Å². The van der Waals surface area contributed by atoms with Crippen LogP contribution in [0.25, 0.3) is 11.3 Å². The zero-order valence-electron chi connectivity index (χ0n) is 28.7. The highest BCUT2D eigenvalue weighted by Gasteiger charge is 2.43. The number of carbonyl (C=O) groups is 6. The van der Waals surface area contributed by atoms with E-state index < -0.39 is 78.3 Å². The minimum absolute atomic E-state index is 0.00858. The van der Waals surface area contributed by atoms with E-state index >= 15 is 0 Å². The Bertz CT molecular complexity index is 1710. The summed E-state index contributed by atoms with van der Waals surface area (Å²) in [5.74, 6) is -3.65. The molecule has 2 fully saturated rings. The standard InChI is InChI=1S/C36H44N8O7/c1-20(2)15-28-34(49)42-29(19-45)36(51)44-18-25(39-33(48)24-11-9-23(10-12-24)26-13-14-37-43-26)16-30(44)35(50)38-21(3)32(47)41-27(17-31(46)40-28)22-7-5-4-6-8-22/h4-14,20-21,25,27-30,45H,15-19H2,1-3H3,(H,37,43)(H,38,50)(H,39,48)(H,40,46)(H,41,47)(H,42,49)/t21-,25-,27+,28-,29+,30-/m0/s1. The van der Waals surface area contributed by atoms with E-state index in [1.54, 1.807) is 66.9 Å². The van der Waals surface area contributed by atoms with E-state index in [2.05, 4.69) is 36.8 Å². The van der Waals surface area contributed by atoms with Crippen LogP contribution in [-0.4, -0.2) is 99.0 Å². The number of benzene rings is 2. The maximum atomic E-state index is 13.9. The summed E-state index contributed by atoms with van der Waals surface area (Å²) >= 11 is 0. The van der Waals surface area contributed by atoms with Crippen molar-refractivity contribution in [2.75, 3.05) is 13.2 Å². The molecule has 3 aromatic rings. The van der Waals surface area contributed by atoms with E-state index in [9.17, 15) is 33.9 Å². The number of nitrogens with zero attached hydrogens (tertiary/aromatic N) is 2. The summed E-state index contributed by atoms with van der Waals surface area (Å²) in [6.45, 7) is 4.34. The van der Waals surface area contributed by atoms with Gasteiger partial charge < -0.3 is 36.6 Å². The molecule has 1 aromatic heterocycles. The fraction of sp³-hybridized carbons (Fsp3) is 0.417. The molecule has 0 aliphatic carbocycles. The second-order valence-corrected chi connectivity index (χ2v) is 13.4. The van der Waals surface area contributed by atoms with Gasteiger partial charge in [0, 0.05) is 24.3 Å². The van der Waals surface area contributed by atoms with Crippen molar-refractivity contribution < 1.29 is 33.9 Å². The van der Waals surface area contributed by atoms with Crippen molar-refractivity contribution in [2.24, 2.45) is 5.92 Å². The number of aliphatic hydroxyl groups excluding tert-OH is 1. The lowest BCUT2D eigenvalue weighted by Crippen LogP contribution is -2.59. The third-order valence-electron chi connectivity index (χ3n) is 9.00. The predicted octanol–water partition coefficient (Wildman–Crippen LogP) is 0.550. The summed E-state index contributed by atoms with van der Waals surface area (Å²) in [7, 11) is 0. The molecule has 7 N–H and O–H groups in total. The van der Waals surface area contributed by atoms with Crippen LogP contribution >= 0.6 is 0 Å². The smallest absolute Gasteiger partial charge is 0.251 e. The third kappa shape index (κ3) is 9.16.